The number of nitrogens with one attached hydrogen (secondary N) is 1. The number of non-ortho nitro benzene ring substituents is 1. The van der Waals surface area contributed by atoms with Crippen LogP contribution in [0.15, 0.2) is 34.8 Å². The van der Waals surface area contributed by atoms with Gasteiger partial charge in [-0.25, -0.2) is 4.79 Å². The van der Waals surface area contributed by atoms with E-state index in [-0.39, 0.29) is 24.7 Å². The van der Waals surface area contributed by atoms with Crippen LogP contribution in [0.1, 0.15) is 28.5 Å². The van der Waals surface area contributed by atoms with Gasteiger partial charge in [0.05, 0.1) is 42.4 Å². The number of aromatic nitrogens is 1. The van der Waals surface area contributed by atoms with Gasteiger partial charge in [0.1, 0.15) is 18.9 Å². The van der Waals surface area contributed by atoms with Crippen LogP contribution < -0.4 is 14.7 Å². The molecule has 0 atom stereocenters. The highest BCUT2D eigenvalue weighted by molar-refractivity contribution is 9.10. The fraction of sp³-hybridized carbons (Fsp3) is 0.318. The molecule has 0 aliphatic carbocycles. The lowest BCUT2D eigenvalue weighted by Gasteiger charge is -2.19. The normalized spacial score (nSPS) is 11.2. The van der Waals surface area contributed by atoms with Gasteiger partial charge in [0.25, 0.3) is 5.69 Å². The molecule has 0 fully saturated rings. The summed E-state index contributed by atoms with van der Waals surface area (Å²) in [4.78, 5) is 24.4. The molecule has 3 rings (SSSR count). The maximum Gasteiger partial charge on any atom is 0.340 e. The third-order valence-corrected chi connectivity index (χ3v) is 5.64. The second-order valence-corrected chi connectivity index (χ2v) is 8.44. The van der Waals surface area contributed by atoms with Crippen molar-refractivity contribution in [3.8, 4) is 11.5 Å². The Morgan fingerprint density at radius 2 is 1.91 bits per heavy atom. The summed E-state index contributed by atoms with van der Waals surface area (Å²) in [5.74, 6) is -0.283. The van der Waals surface area contributed by atoms with E-state index in [1.54, 1.807) is 20.0 Å². The van der Waals surface area contributed by atoms with Crippen LogP contribution in [0.4, 0.5) is 5.69 Å². The van der Waals surface area contributed by atoms with Gasteiger partial charge in [0.15, 0.2) is 0 Å². The number of esters is 1. The molecule has 1 heterocycles. The van der Waals surface area contributed by atoms with Crippen molar-refractivity contribution >= 4 is 38.5 Å². The lowest BCUT2D eigenvalue weighted by atomic mass is 10.0. The molecular weight excluding hydrogens is 482 g/mol. The molecule has 0 radical (unpaired) electrons. The lowest BCUT2D eigenvalue weighted by Crippen LogP contribution is -3.04. The highest BCUT2D eigenvalue weighted by Gasteiger charge is 2.26. The van der Waals surface area contributed by atoms with Gasteiger partial charge in [-0.2, -0.15) is 0 Å². The first-order valence-electron chi connectivity index (χ1n) is 9.98. The Kier molecular flexibility index (Phi) is 7.05. The van der Waals surface area contributed by atoms with Gasteiger partial charge in [0, 0.05) is 34.6 Å². The molecular formula is C22H24BrN3O6. The number of hydrogen-bond donors (Lipinski definition) is 1. The average Bonchev–Trinajstić information content (AvgIpc) is 3.01. The molecule has 1 N–H and O–H groups in total. The fourth-order valence-electron chi connectivity index (χ4n) is 3.60. The number of aryl methyl sites for hydroxylation is 1. The van der Waals surface area contributed by atoms with Crippen LogP contribution in [0.5, 0.6) is 11.5 Å². The second kappa shape index (κ2) is 9.58. The van der Waals surface area contributed by atoms with E-state index in [1.807, 2.05) is 18.7 Å². The van der Waals surface area contributed by atoms with E-state index in [0.717, 1.165) is 4.90 Å². The van der Waals surface area contributed by atoms with E-state index < -0.39 is 10.9 Å². The summed E-state index contributed by atoms with van der Waals surface area (Å²) in [5, 5.41) is 24.3. The minimum Gasteiger partial charge on any atom is -0.871 e. The first kappa shape index (κ1) is 23.6. The summed E-state index contributed by atoms with van der Waals surface area (Å²) < 4.78 is 13.4. The van der Waals surface area contributed by atoms with Gasteiger partial charge in [-0.15, -0.1) is 0 Å². The van der Waals surface area contributed by atoms with Gasteiger partial charge in [-0.05, 0) is 25.1 Å². The Balaban J connectivity index is 2.14. The molecule has 9 nitrogen and oxygen atoms in total. The fourth-order valence-corrected chi connectivity index (χ4v) is 4.06. The van der Waals surface area contributed by atoms with Crippen molar-refractivity contribution in [2.75, 3.05) is 20.7 Å². The SMILES string of the molecule is CCOC(=O)c1c(COc2ccc([N+](=O)[O-])cc2)n(C)c2cc(Br)c([O-])c(C[NH+](C)C)c12. The third kappa shape index (κ3) is 4.56. The Labute approximate surface area is 193 Å². The predicted octanol–water partition coefficient (Wildman–Crippen LogP) is 2.32. The maximum absolute atomic E-state index is 13.0. The number of benzene rings is 2. The average molecular weight is 506 g/mol. The molecule has 170 valence electrons. The molecule has 0 aliphatic heterocycles. The molecule has 0 saturated heterocycles. The van der Waals surface area contributed by atoms with Gasteiger partial charge in [-0.1, -0.05) is 21.7 Å². The smallest absolute Gasteiger partial charge is 0.340 e. The Hall–Kier alpha value is -3.11. The minimum absolute atomic E-state index is 0.0111. The van der Waals surface area contributed by atoms with Crippen molar-refractivity contribution in [2.24, 2.45) is 7.05 Å². The number of nitrogens with zero attached hydrogens (tertiary/aromatic N) is 2. The molecule has 32 heavy (non-hydrogen) atoms. The number of fused-ring (bicyclic) bond motifs is 1. The number of nitro groups is 1. The molecule has 0 saturated carbocycles. The quantitative estimate of drug-likeness (QED) is 0.285. The molecule has 0 amide bonds. The zero-order valence-corrected chi connectivity index (χ0v) is 19.8. The van der Waals surface area contributed by atoms with Gasteiger partial charge >= 0.3 is 5.97 Å². The van der Waals surface area contributed by atoms with Crippen LogP contribution in [-0.4, -0.2) is 36.2 Å². The van der Waals surface area contributed by atoms with Crippen molar-refractivity contribution in [2.45, 2.75) is 20.1 Å². The van der Waals surface area contributed by atoms with E-state index in [2.05, 4.69) is 15.9 Å². The molecule has 1 aromatic heterocycles. The van der Waals surface area contributed by atoms with Gasteiger partial charge < -0.3 is 24.0 Å². The molecule has 0 bridgehead atoms. The first-order chi connectivity index (χ1) is 15.1. The molecule has 0 unspecified atom stereocenters. The van der Waals surface area contributed by atoms with Crippen LogP contribution in [0.25, 0.3) is 10.9 Å². The predicted molar refractivity (Wildman–Crippen MR) is 120 cm³/mol. The highest BCUT2D eigenvalue weighted by Crippen LogP contribution is 2.38. The van der Waals surface area contributed by atoms with Crippen LogP contribution in [0, 0.1) is 10.1 Å². The van der Waals surface area contributed by atoms with E-state index in [1.165, 1.54) is 24.3 Å². The van der Waals surface area contributed by atoms with Crippen molar-refractivity contribution in [1.82, 2.24) is 4.57 Å². The van der Waals surface area contributed by atoms with E-state index in [9.17, 15) is 20.0 Å². The number of carbonyl (C=O) groups excluding carboxylic acids is 1. The van der Waals surface area contributed by atoms with Gasteiger partial charge in [-0.3, -0.25) is 10.1 Å². The van der Waals surface area contributed by atoms with Crippen molar-refractivity contribution in [3.63, 3.8) is 0 Å². The zero-order chi connectivity index (χ0) is 23.6. The Morgan fingerprint density at radius 1 is 1.25 bits per heavy atom. The first-order valence-corrected chi connectivity index (χ1v) is 10.8. The molecule has 0 spiro atoms. The van der Waals surface area contributed by atoms with Crippen molar-refractivity contribution in [3.05, 3.63) is 61.7 Å². The van der Waals surface area contributed by atoms with Crippen LogP contribution in [0.3, 0.4) is 0 Å². The number of carbonyl (C=O) groups is 1. The summed E-state index contributed by atoms with van der Waals surface area (Å²) in [5.41, 5.74) is 2.03. The topological polar surface area (TPSA) is 111 Å². The highest BCUT2D eigenvalue weighted by atomic mass is 79.9. The van der Waals surface area contributed by atoms with Crippen LogP contribution >= 0.6 is 15.9 Å². The molecule has 0 aliphatic rings. The standard InChI is InChI=1S/C22H24BrN3O6/c1-5-31-22(28)20-18(12-32-14-8-6-13(7-9-14)26(29)30)25(4)17-10-16(23)21(27)15(19(17)20)11-24(2)3/h6-10,27H,5,11-12H2,1-4H3. The van der Waals surface area contributed by atoms with Crippen LogP contribution in [-0.2, 0) is 24.9 Å². The summed E-state index contributed by atoms with van der Waals surface area (Å²) in [6, 6.07) is 7.39. The number of hydrogen-bond acceptors (Lipinski definition) is 6. The number of quaternary nitrogens is 1. The monoisotopic (exact) mass is 505 g/mol. The number of halogens is 1. The van der Waals surface area contributed by atoms with E-state index in [4.69, 9.17) is 9.47 Å². The van der Waals surface area contributed by atoms with Gasteiger partial charge in [0.2, 0.25) is 0 Å². The lowest BCUT2D eigenvalue weighted by molar-refractivity contribution is -0.872. The number of nitro benzene ring substituents is 1. The number of rotatable bonds is 8. The summed E-state index contributed by atoms with van der Waals surface area (Å²) in [7, 11) is 5.65. The molecule has 3 aromatic rings. The molecule has 10 heteroatoms. The Bertz CT molecular complexity index is 1170. The zero-order valence-electron chi connectivity index (χ0n) is 18.2. The third-order valence-electron chi connectivity index (χ3n) is 5.05. The summed E-state index contributed by atoms with van der Waals surface area (Å²) >= 11 is 3.35. The Morgan fingerprint density at radius 3 is 2.47 bits per heavy atom. The van der Waals surface area contributed by atoms with E-state index in [0.29, 0.717) is 44.5 Å². The summed E-state index contributed by atoms with van der Waals surface area (Å²) in [6.07, 6.45) is 0. The molecule has 2 aromatic carbocycles. The minimum atomic E-state index is -0.530. The summed E-state index contributed by atoms with van der Waals surface area (Å²) in [6.45, 7) is 2.34. The maximum atomic E-state index is 13.0. The second-order valence-electron chi connectivity index (χ2n) is 7.58. The van der Waals surface area contributed by atoms with Crippen molar-refractivity contribution < 1.29 is 29.2 Å². The number of ether oxygens (including phenoxy) is 2. The van der Waals surface area contributed by atoms with Crippen molar-refractivity contribution in [1.29, 1.82) is 0 Å². The van der Waals surface area contributed by atoms with E-state index >= 15 is 0 Å². The largest absolute Gasteiger partial charge is 0.871 e. The van der Waals surface area contributed by atoms with Crippen LogP contribution in [0.2, 0.25) is 0 Å².